The third-order valence-electron chi connectivity index (χ3n) is 3.47. The van der Waals surface area contributed by atoms with Gasteiger partial charge in [0, 0.05) is 26.4 Å². The number of ether oxygens (including phenoxy) is 1. The SMILES string of the molecule is COCc1nc2cc(NC3CCN(C)C3=O)ccc2o1. The Kier molecular flexibility index (Phi) is 3.31. The number of hydrogen-bond acceptors (Lipinski definition) is 5. The number of oxazole rings is 1. The zero-order valence-corrected chi connectivity index (χ0v) is 11.5. The van der Waals surface area contributed by atoms with Gasteiger partial charge in [0.15, 0.2) is 5.58 Å². The highest BCUT2D eigenvalue weighted by molar-refractivity contribution is 5.87. The van der Waals surface area contributed by atoms with Crippen molar-refractivity contribution >= 4 is 22.7 Å². The number of methoxy groups -OCH3 is 1. The molecule has 6 nitrogen and oxygen atoms in total. The Hall–Kier alpha value is -2.08. The van der Waals surface area contributed by atoms with E-state index < -0.39 is 0 Å². The standard InChI is InChI=1S/C14H17N3O3/c1-17-6-5-10(14(17)18)15-9-3-4-12-11(7-9)16-13(20-12)8-19-2/h3-4,7,10,15H,5-6,8H2,1-2H3. The molecule has 20 heavy (non-hydrogen) atoms. The highest BCUT2D eigenvalue weighted by Gasteiger charge is 2.28. The van der Waals surface area contributed by atoms with Crippen LogP contribution in [0.4, 0.5) is 5.69 Å². The van der Waals surface area contributed by atoms with Crippen LogP contribution in [0.1, 0.15) is 12.3 Å². The van der Waals surface area contributed by atoms with Gasteiger partial charge in [-0.2, -0.15) is 0 Å². The molecular weight excluding hydrogens is 258 g/mol. The molecule has 3 rings (SSSR count). The van der Waals surface area contributed by atoms with Crippen LogP contribution >= 0.6 is 0 Å². The molecule has 1 fully saturated rings. The van der Waals surface area contributed by atoms with Gasteiger partial charge in [0.25, 0.3) is 0 Å². The summed E-state index contributed by atoms with van der Waals surface area (Å²) in [5, 5.41) is 3.25. The Bertz CT molecular complexity index is 638. The first-order valence-electron chi connectivity index (χ1n) is 6.57. The number of fused-ring (bicyclic) bond motifs is 1. The zero-order valence-electron chi connectivity index (χ0n) is 11.5. The average Bonchev–Trinajstić information content (AvgIpc) is 2.96. The molecule has 2 heterocycles. The third kappa shape index (κ3) is 2.34. The van der Waals surface area contributed by atoms with Crippen molar-refractivity contribution in [3.63, 3.8) is 0 Å². The number of amides is 1. The van der Waals surface area contributed by atoms with Gasteiger partial charge < -0.3 is 19.4 Å². The lowest BCUT2D eigenvalue weighted by Crippen LogP contribution is -2.30. The van der Waals surface area contributed by atoms with E-state index in [4.69, 9.17) is 9.15 Å². The molecule has 0 saturated carbocycles. The first-order valence-corrected chi connectivity index (χ1v) is 6.57. The van der Waals surface area contributed by atoms with E-state index >= 15 is 0 Å². The van der Waals surface area contributed by atoms with Crippen molar-refractivity contribution in [2.45, 2.75) is 19.1 Å². The monoisotopic (exact) mass is 275 g/mol. The van der Waals surface area contributed by atoms with E-state index in [0.29, 0.717) is 12.5 Å². The van der Waals surface area contributed by atoms with Crippen LogP contribution in [0.25, 0.3) is 11.1 Å². The van der Waals surface area contributed by atoms with E-state index in [1.54, 1.807) is 12.0 Å². The summed E-state index contributed by atoms with van der Waals surface area (Å²) in [5.74, 6) is 0.682. The highest BCUT2D eigenvalue weighted by Crippen LogP contribution is 2.22. The van der Waals surface area contributed by atoms with Crippen LogP contribution in [0.3, 0.4) is 0 Å². The number of carbonyl (C=O) groups is 1. The van der Waals surface area contributed by atoms with Gasteiger partial charge in [-0.25, -0.2) is 4.98 Å². The molecule has 1 aromatic carbocycles. The fourth-order valence-corrected chi connectivity index (χ4v) is 2.41. The minimum atomic E-state index is -0.150. The van der Waals surface area contributed by atoms with Crippen molar-refractivity contribution in [3.05, 3.63) is 24.1 Å². The van der Waals surface area contributed by atoms with E-state index in [0.717, 1.165) is 29.8 Å². The molecule has 1 unspecified atom stereocenters. The van der Waals surface area contributed by atoms with Gasteiger partial charge in [0.2, 0.25) is 11.8 Å². The van der Waals surface area contributed by atoms with E-state index in [9.17, 15) is 4.79 Å². The number of nitrogens with one attached hydrogen (secondary N) is 1. The summed E-state index contributed by atoms with van der Waals surface area (Å²) in [6.07, 6.45) is 0.821. The topological polar surface area (TPSA) is 67.6 Å². The predicted octanol–water partition coefficient (Wildman–Crippen LogP) is 1.62. The van der Waals surface area contributed by atoms with E-state index in [1.165, 1.54) is 0 Å². The van der Waals surface area contributed by atoms with Crippen LogP contribution in [0.5, 0.6) is 0 Å². The lowest BCUT2D eigenvalue weighted by molar-refractivity contribution is -0.127. The molecule has 0 bridgehead atoms. The maximum absolute atomic E-state index is 11.9. The lowest BCUT2D eigenvalue weighted by Gasteiger charge is -2.13. The number of likely N-dealkylation sites (tertiary alicyclic amines) is 1. The fourth-order valence-electron chi connectivity index (χ4n) is 2.41. The molecule has 1 amide bonds. The van der Waals surface area contributed by atoms with E-state index in [1.807, 2.05) is 25.2 Å². The number of carbonyl (C=O) groups excluding carboxylic acids is 1. The van der Waals surface area contributed by atoms with Crippen molar-refractivity contribution in [3.8, 4) is 0 Å². The first-order chi connectivity index (χ1) is 9.67. The number of nitrogens with zero attached hydrogens (tertiary/aromatic N) is 2. The molecule has 1 aromatic heterocycles. The molecule has 1 atom stereocenters. The number of hydrogen-bond donors (Lipinski definition) is 1. The van der Waals surface area contributed by atoms with Gasteiger partial charge in [-0.1, -0.05) is 0 Å². The summed E-state index contributed by atoms with van der Waals surface area (Å²) in [7, 11) is 3.42. The number of aromatic nitrogens is 1. The van der Waals surface area contributed by atoms with Gasteiger partial charge in [-0.15, -0.1) is 0 Å². The predicted molar refractivity (Wildman–Crippen MR) is 74.4 cm³/mol. The molecule has 2 aromatic rings. The zero-order chi connectivity index (χ0) is 14.1. The van der Waals surface area contributed by atoms with Crippen molar-refractivity contribution in [2.24, 2.45) is 0 Å². The molecule has 6 heteroatoms. The average molecular weight is 275 g/mol. The molecule has 0 spiro atoms. The second-order valence-corrected chi connectivity index (χ2v) is 4.97. The number of likely N-dealkylation sites (N-methyl/N-ethyl adjacent to an activating group) is 1. The largest absolute Gasteiger partial charge is 0.438 e. The molecule has 0 aliphatic carbocycles. The number of anilines is 1. The third-order valence-corrected chi connectivity index (χ3v) is 3.47. The minimum absolute atomic E-state index is 0.130. The Morgan fingerprint density at radius 2 is 2.40 bits per heavy atom. The van der Waals surface area contributed by atoms with Crippen LogP contribution < -0.4 is 5.32 Å². The maximum Gasteiger partial charge on any atom is 0.244 e. The highest BCUT2D eigenvalue weighted by atomic mass is 16.5. The quantitative estimate of drug-likeness (QED) is 0.918. The number of rotatable bonds is 4. The van der Waals surface area contributed by atoms with E-state index in [2.05, 4.69) is 10.3 Å². The summed E-state index contributed by atoms with van der Waals surface area (Å²) in [5.41, 5.74) is 2.36. The molecule has 1 saturated heterocycles. The van der Waals surface area contributed by atoms with Crippen LogP contribution in [-0.2, 0) is 16.1 Å². The van der Waals surface area contributed by atoms with Gasteiger partial charge in [0.05, 0.1) is 0 Å². The molecule has 1 aliphatic heterocycles. The molecule has 1 N–H and O–H groups in total. The Balaban J connectivity index is 1.80. The van der Waals surface area contributed by atoms with Crippen LogP contribution in [0.2, 0.25) is 0 Å². The minimum Gasteiger partial charge on any atom is -0.438 e. The van der Waals surface area contributed by atoms with Crippen LogP contribution in [0.15, 0.2) is 22.6 Å². The van der Waals surface area contributed by atoms with Crippen LogP contribution in [-0.4, -0.2) is 42.5 Å². The smallest absolute Gasteiger partial charge is 0.244 e. The van der Waals surface area contributed by atoms with Crippen molar-refractivity contribution in [2.75, 3.05) is 26.0 Å². The summed E-state index contributed by atoms with van der Waals surface area (Å²) in [4.78, 5) is 18.0. The van der Waals surface area contributed by atoms with Gasteiger partial charge >= 0.3 is 0 Å². The molecular formula is C14H17N3O3. The van der Waals surface area contributed by atoms with Crippen LogP contribution in [0, 0.1) is 0 Å². The van der Waals surface area contributed by atoms with Crippen molar-refractivity contribution in [1.29, 1.82) is 0 Å². The normalized spacial score (nSPS) is 19.0. The second-order valence-electron chi connectivity index (χ2n) is 4.97. The molecule has 0 radical (unpaired) electrons. The lowest BCUT2D eigenvalue weighted by atomic mass is 10.2. The maximum atomic E-state index is 11.9. The number of benzene rings is 1. The fraction of sp³-hybridized carbons (Fsp3) is 0.429. The van der Waals surface area contributed by atoms with Gasteiger partial charge in [-0.05, 0) is 24.6 Å². The van der Waals surface area contributed by atoms with Gasteiger partial charge in [0.1, 0.15) is 18.2 Å². The van der Waals surface area contributed by atoms with Gasteiger partial charge in [-0.3, -0.25) is 4.79 Å². The first kappa shape index (κ1) is 12.9. The van der Waals surface area contributed by atoms with Crippen molar-refractivity contribution < 1.29 is 13.9 Å². The summed E-state index contributed by atoms with van der Waals surface area (Å²) < 4.78 is 10.5. The summed E-state index contributed by atoms with van der Waals surface area (Å²) >= 11 is 0. The molecule has 1 aliphatic rings. The second kappa shape index (κ2) is 5.13. The van der Waals surface area contributed by atoms with E-state index in [-0.39, 0.29) is 11.9 Å². The Labute approximate surface area is 116 Å². The molecule has 106 valence electrons. The Morgan fingerprint density at radius 3 is 3.10 bits per heavy atom. The summed E-state index contributed by atoms with van der Waals surface area (Å²) in [6, 6.07) is 5.49. The van der Waals surface area contributed by atoms with Crippen molar-refractivity contribution in [1.82, 2.24) is 9.88 Å². The Morgan fingerprint density at radius 1 is 1.55 bits per heavy atom. The summed E-state index contributed by atoms with van der Waals surface area (Å²) in [6.45, 7) is 1.14.